The lowest BCUT2D eigenvalue weighted by Crippen LogP contribution is -2.43. The Morgan fingerprint density at radius 2 is 1.47 bits per heavy atom. The molecule has 3 heteroatoms. The Kier molecular flexibility index (Phi) is 3.97. The van der Waals surface area contributed by atoms with E-state index in [1.54, 1.807) is 0 Å². The Labute approximate surface area is 122 Å². The van der Waals surface area contributed by atoms with E-state index in [-0.39, 0.29) is 0 Å². The van der Waals surface area contributed by atoms with Crippen LogP contribution < -0.4 is 5.32 Å². The van der Waals surface area contributed by atoms with Crippen LogP contribution in [0.1, 0.15) is 23.2 Å². The summed E-state index contributed by atoms with van der Waals surface area (Å²) in [5.74, 6) is 0. The van der Waals surface area contributed by atoms with Crippen LogP contribution in [-0.4, -0.2) is 17.0 Å². The van der Waals surface area contributed by atoms with Crippen LogP contribution in [0.2, 0.25) is 0 Å². The summed E-state index contributed by atoms with van der Waals surface area (Å²) < 4.78 is 2.26. The van der Waals surface area contributed by atoms with Crippen LogP contribution in [0.3, 0.4) is 0 Å². The molecule has 0 amide bonds. The van der Waals surface area contributed by atoms with Gasteiger partial charge in [-0.25, -0.2) is 3.93 Å². The fourth-order valence-electron chi connectivity index (χ4n) is 2.70. The number of benzene rings is 2. The van der Waals surface area contributed by atoms with Crippen LogP contribution in [-0.2, 0) is 0 Å². The molecule has 1 heterocycles. The van der Waals surface area contributed by atoms with E-state index < -0.39 is 0 Å². The Morgan fingerprint density at radius 3 is 2.11 bits per heavy atom. The van der Waals surface area contributed by atoms with Gasteiger partial charge in [-0.05, 0) is 11.1 Å². The Morgan fingerprint density at radius 1 is 0.895 bits per heavy atom. The van der Waals surface area contributed by atoms with Crippen molar-refractivity contribution in [2.75, 3.05) is 13.1 Å². The Balaban J connectivity index is 1.97. The molecule has 1 aliphatic rings. The Hall–Kier alpha value is -1.16. The van der Waals surface area contributed by atoms with Crippen LogP contribution in [0.5, 0.6) is 0 Å². The van der Waals surface area contributed by atoms with Crippen molar-refractivity contribution in [2.45, 2.75) is 12.1 Å². The SMILES string of the molecule is BrN1CCNC(c2ccccc2)C1c1ccccc1. The van der Waals surface area contributed by atoms with E-state index >= 15 is 0 Å². The standard InChI is InChI=1S/C16H17BrN2/c17-19-12-11-18-15(13-7-3-1-4-8-13)16(19)14-9-5-2-6-10-14/h1-10,15-16,18H,11-12H2. The number of nitrogens with zero attached hydrogens (tertiary/aromatic N) is 1. The normalized spacial score (nSPS) is 24.3. The zero-order valence-electron chi connectivity index (χ0n) is 10.7. The van der Waals surface area contributed by atoms with Crippen molar-refractivity contribution in [1.29, 1.82) is 0 Å². The molecule has 0 saturated carbocycles. The average Bonchev–Trinajstić information content (AvgIpc) is 2.49. The summed E-state index contributed by atoms with van der Waals surface area (Å²) in [5.41, 5.74) is 2.67. The molecule has 1 saturated heterocycles. The van der Waals surface area contributed by atoms with E-state index in [2.05, 4.69) is 86.1 Å². The molecule has 0 aromatic heterocycles. The highest BCUT2D eigenvalue weighted by molar-refractivity contribution is 9.07. The summed E-state index contributed by atoms with van der Waals surface area (Å²) in [4.78, 5) is 0. The second kappa shape index (κ2) is 5.87. The second-order valence-corrected chi connectivity index (χ2v) is 5.73. The Bertz CT molecular complexity index is 515. The lowest BCUT2D eigenvalue weighted by molar-refractivity contribution is 0.236. The topological polar surface area (TPSA) is 15.3 Å². The van der Waals surface area contributed by atoms with Crippen LogP contribution >= 0.6 is 16.1 Å². The van der Waals surface area contributed by atoms with Crippen molar-refractivity contribution < 1.29 is 0 Å². The van der Waals surface area contributed by atoms with Gasteiger partial charge in [-0.2, -0.15) is 0 Å². The van der Waals surface area contributed by atoms with E-state index in [0.717, 1.165) is 13.1 Å². The van der Waals surface area contributed by atoms with Gasteiger partial charge < -0.3 is 5.32 Å². The van der Waals surface area contributed by atoms with Gasteiger partial charge in [0.2, 0.25) is 0 Å². The minimum atomic E-state index is 0.316. The smallest absolute Gasteiger partial charge is 0.0650 e. The zero-order chi connectivity index (χ0) is 13.1. The van der Waals surface area contributed by atoms with Gasteiger partial charge in [-0.15, -0.1) is 0 Å². The van der Waals surface area contributed by atoms with Crippen molar-refractivity contribution in [1.82, 2.24) is 9.24 Å². The molecule has 3 rings (SSSR count). The predicted octanol–water partition coefficient (Wildman–Crippen LogP) is 3.68. The average molecular weight is 317 g/mol. The number of halogens is 1. The fourth-order valence-corrected chi connectivity index (χ4v) is 3.35. The quantitative estimate of drug-likeness (QED) is 0.850. The van der Waals surface area contributed by atoms with Crippen LogP contribution in [0.4, 0.5) is 0 Å². The van der Waals surface area contributed by atoms with E-state index in [0.29, 0.717) is 12.1 Å². The first-order chi connectivity index (χ1) is 9.36. The van der Waals surface area contributed by atoms with Crippen molar-refractivity contribution in [3.8, 4) is 0 Å². The highest BCUT2D eigenvalue weighted by Crippen LogP contribution is 2.37. The molecule has 2 atom stereocenters. The van der Waals surface area contributed by atoms with Crippen molar-refractivity contribution in [3.63, 3.8) is 0 Å². The number of nitrogens with one attached hydrogen (secondary N) is 1. The highest BCUT2D eigenvalue weighted by atomic mass is 79.9. The lowest BCUT2D eigenvalue weighted by atomic mass is 9.92. The minimum absolute atomic E-state index is 0.316. The molecule has 98 valence electrons. The number of piperazine rings is 1. The molecule has 0 aliphatic carbocycles. The van der Waals surface area contributed by atoms with Gasteiger partial charge in [0.25, 0.3) is 0 Å². The monoisotopic (exact) mass is 316 g/mol. The van der Waals surface area contributed by atoms with Crippen LogP contribution in [0.25, 0.3) is 0 Å². The molecule has 1 fully saturated rings. The summed E-state index contributed by atoms with van der Waals surface area (Å²) in [6.45, 7) is 2.00. The molecular weight excluding hydrogens is 300 g/mol. The molecular formula is C16H17BrN2. The maximum atomic E-state index is 3.72. The first-order valence-corrected chi connectivity index (χ1v) is 7.33. The van der Waals surface area contributed by atoms with Crippen molar-refractivity contribution in [2.24, 2.45) is 0 Å². The van der Waals surface area contributed by atoms with Crippen LogP contribution in [0.15, 0.2) is 60.7 Å². The van der Waals surface area contributed by atoms with E-state index in [1.807, 2.05) is 0 Å². The fraction of sp³-hybridized carbons (Fsp3) is 0.250. The molecule has 2 unspecified atom stereocenters. The maximum Gasteiger partial charge on any atom is 0.0650 e. The number of hydrogen-bond acceptors (Lipinski definition) is 2. The maximum absolute atomic E-state index is 3.72. The molecule has 19 heavy (non-hydrogen) atoms. The summed E-state index contributed by atoms with van der Waals surface area (Å²) in [6.07, 6.45) is 0. The van der Waals surface area contributed by atoms with Gasteiger partial charge in [0.1, 0.15) is 0 Å². The highest BCUT2D eigenvalue weighted by Gasteiger charge is 2.32. The molecule has 1 N–H and O–H groups in total. The third-order valence-corrected chi connectivity index (χ3v) is 4.40. The summed E-state index contributed by atoms with van der Waals surface area (Å²) in [6, 6.07) is 22.0. The van der Waals surface area contributed by atoms with E-state index in [9.17, 15) is 0 Å². The lowest BCUT2D eigenvalue weighted by Gasteiger charge is -2.39. The van der Waals surface area contributed by atoms with E-state index in [1.165, 1.54) is 11.1 Å². The first-order valence-electron chi connectivity index (χ1n) is 6.62. The van der Waals surface area contributed by atoms with Gasteiger partial charge in [-0.3, -0.25) is 0 Å². The molecule has 2 aromatic carbocycles. The summed E-state index contributed by atoms with van der Waals surface area (Å²) in [5, 5.41) is 3.64. The molecule has 0 spiro atoms. The second-order valence-electron chi connectivity index (χ2n) is 4.82. The van der Waals surface area contributed by atoms with Gasteiger partial charge in [0, 0.05) is 29.2 Å². The zero-order valence-corrected chi connectivity index (χ0v) is 12.3. The predicted molar refractivity (Wildman–Crippen MR) is 82.0 cm³/mol. The first kappa shape index (κ1) is 12.9. The number of rotatable bonds is 2. The number of hydrogen-bond donors (Lipinski definition) is 1. The summed E-state index contributed by atoms with van der Waals surface area (Å²) >= 11 is 3.72. The van der Waals surface area contributed by atoms with E-state index in [4.69, 9.17) is 0 Å². The van der Waals surface area contributed by atoms with Gasteiger partial charge in [0.15, 0.2) is 0 Å². The van der Waals surface area contributed by atoms with Gasteiger partial charge in [-0.1, -0.05) is 60.7 Å². The summed E-state index contributed by atoms with van der Waals surface area (Å²) in [7, 11) is 0. The molecule has 2 aromatic rings. The van der Waals surface area contributed by atoms with Crippen molar-refractivity contribution >= 4 is 16.1 Å². The third kappa shape index (κ3) is 2.73. The van der Waals surface area contributed by atoms with Crippen LogP contribution in [0, 0.1) is 0 Å². The van der Waals surface area contributed by atoms with Gasteiger partial charge in [0.05, 0.1) is 12.1 Å². The molecule has 2 nitrogen and oxygen atoms in total. The van der Waals surface area contributed by atoms with Gasteiger partial charge >= 0.3 is 0 Å². The molecule has 0 bridgehead atoms. The third-order valence-electron chi connectivity index (χ3n) is 3.61. The minimum Gasteiger partial charge on any atom is -0.307 e. The van der Waals surface area contributed by atoms with Crippen molar-refractivity contribution in [3.05, 3.63) is 71.8 Å². The molecule has 1 aliphatic heterocycles. The molecule has 0 radical (unpaired) electrons. The largest absolute Gasteiger partial charge is 0.307 e.